The lowest BCUT2D eigenvalue weighted by molar-refractivity contribution is 0.0964. The summed E-state index contributed by atoms with van der Waals surface area (Å²) in [6.07, 6.45) is 2.48. The van der Waals surface area contributed by atoms with Crippen molar-refractivity contribution in [3.05, 3.63) is 74.1 Å². The zero-order valence-corrected chi connectivity index (χ0v) is 14.0. The van der Waals surface area contributed by atoms with Crippen LogP contribution in [-0.4, -0.2) is 19.9 Å². The highest BCUT2D eigenvalue weighted by molar-refractivity contribution is 6.02. The van der Waals surface area contributed by atoms with Gasteiger partial charge in [0.05, 0.1) is 5.39 Å². The summed E-state index contributed by atoms with van der Waals surface area (Å²) in [5.74, 6) is 0.00847. The predicted molar refractivity (Wildman–Crippen MR) is 94.1 cm³/mol. The normalized spacial score (nSPS) is 16.9. The van der Waals surface area contributed by atoms with Crippen LogP contribution < -0.4 is 11.2 Å². The van der Waals surface area contributed by atoms with E-state index in [0.717, 1.165) is 10.1 Å². The fraction of sp³-hybridized carbons (Fsp3) is 0.263. The number of aryl methyl sites for hydroxylation is 1. The predicted octanol–water partition coefficient (Wildman–Crippen LogP) is 1.54. The molecule has 0 aliphatic heterocycles. The second-order valence-corrected chi connectivity index (χ2v) is 6.49. The van der Waals surface area contributed by atoms with Crippen LogP contribution in [0.3, 0.4) is 0 Å². The maximum Gasteiger partial charge on any atom is 0.332 e. The maximum absolute atomic E-state index is 12.7. The van der Waals surface area contributed by atoms with Crippen LogP contribution in [0.1, 0.15) is 33.8 Å². The molecule has 0 N–H and O–H groups in total. The number of benzene rings is 1. The number of carbonyl (C=O) groups excluding carboxylic acids is 1. The summed E-state index contributed by atoms with van der Waals surface area (Å²) in [5.41, 5.74) is 1.78. The molecule has 0 radical (unpaired) electrons. The standard InChI is InChI=1S/C19H17N3O3/c1-21-17-16(18(24)22(2)19(21)25)13-8-12(11-6-4-3-5-7-11)9-15(23)14(13)10-20-17/h3-7,10,12H,8-9H2,1-2H3/t12-/m0/s1. The molecule has 25 heavy (non-hydrogen) atoms. The number of hydrogen-bond donors (Lipinski definition) is 0. The SMILES string of the molecule is Cn1c(=O)c2c3c(cnc2n(C)c1=O)C(=O)C[C@@H](c1ccccc1)C3. The molecule has 0 fully saturated rings. The minimum Gasteiger partial charge on any atom is -0.294 e. The number of rotatable bonds is 1. The van der Waals surface area contributed by atoms with Gasteiger partial charge in [0.25, 0.3) is 5.56 Å². The van der Waals surface area contributed by atoms with Crippen LogP contribution in [-0.2, 0) is 20.5 Å². The molecule has 0 unspecified atom stereocenters. The van der Waals surface area contributed by atoms with Gasteiger partial charge in [0.2, 0.25) is 0 Å². The number of nitrogens with zero attached hydrogens (tertiary/aromatic N) is 3. The average Bonchev–Trinajstić information content (AvgIpc) is 2.64. The average molecular weight is 335 g/mol. The summed E-state index contributed by atoms with van der Waals surface area (Å²) in [6.45, 7) is 0. The van der Waals surface area contributed by atoms with Crippen molar-refractivity contribution in [3.8, 4) is 0 Å². The van der Waals surface area contributed by atoms with E-state index in [9.17, 15) is 14.4 Å². The Morgan fingerprint density at radius 3 is 2.44 bits per heavy atom. The summed E-state index contributed by atoms with van der Waals surface area (Å²) in [7, 11) is 3.03. The van der Waals surface area contributed by atoms with E-state index in [2.05, 4.69) is 4.98 Å². The van der Waals surface area contributed by atoms with Gasteiger partial charge in [-0.3, -0.25) is 18.7 Å². The van der Waals surface area contributed by atoms with Crippen LogP contribution in [0.5, 0.6) is 0 Å². The van der Waals surface area contributed by atoms with E-state index in [1.165, 1.54) is 17.8 Å². The molecule has 0 spiro atoms. The molecule has 0 amide bonds. The molecule has 0 saturated heterocycles. The Bertz CT molecular complexity index is 1130. The van der Waals surface area contributed by atoms with Crippen LogP contribution in [0.2, 0.25) is 0 Å². The number of fused-ring (bicyclic) bond motifs is 3. The minimum absolute atomic E-state index is 0.0135. The molecule has 1 aliphatic rings. The molecule has 1 aliphatic carbocycles. The van der Waals surface area contributed by atoms with Crippen molar-refractivity contribution in [3.63, 3.8) is 0 Å². The first-order valence-corrected chi connectivity index (χ1v) is 8.14. The Balaban J connectivity index is 2.01. The van der Waals surface area contributed by atoms with Crippen molar-refractivity contribution in [2.75, 3.05) is 0 Å². The second-order valence-electron chi connectivity index (χ2n) is 6.49. The number of aromatic nitrogens is 3. The number of carbonyl (C=O) groups is 1. The third kappa shape index (κ3) is 2.25. The fourth-order valence-corrected chi connectivity index (χ4v) is 3.65. The molecule has 126 valence electrons. The van der Waals surface area contributed by atoms with Crippen LogP contribution in [0.4, 0.5) is 0 Å². The molecule has 0 saturated carbocycles. The highest BCUT2D eigenvalue weighted by atomic mass is 16.2. The Kier molecular flexibility index (Phi) is 3.42. The molecule has 6 nitrogen and oxygen atoms in total. The van der Waals surface area contributed by atoms with E-state index in [1.807, 2.05) is 30.3 Å². The lowest BCUT2D eigenvalue weighted by atomic mass is 9.79. The molecule has 6 heteroatoms. The van der Waals surface area contributed by atoms with Crippen molar-refractivity contribution in [2.24, 2.45) is 14.1 Å². The minimum atomic E-state index is -0.424. The number of pyridine rings is 1. The first-order valence-electron chi connectivity index (χ1n) is 8.14. The Hall–Kier alpha value is -3.02. The summed E-state index contributed by atoms with van der Waals surface area (Å²) in [6, 6.07) is 9.83. The molecule has 2 aromatic heterocycles. The third-order valence-corrected chi connectivity index (χ3v) is 5.03. The summed E-state index contributed by atoms with van der Waals surface area (Å²) >= 11 is 0. The molecule has 0 bridgehead atoms. The molecular weight excluding hydrogens is 318 g/mol. The summed E-state index contributed by atoms with van der Waals surface area (Å²) in [5, 5.41) is 0.371. The van der Waals surface area contributed by atoms with Crippen LogP contribution in [0.15, 0.2) is 46.1 Å². The lowest BCUT2D eigenvalue weighted by Crippen LogP contribution is -2.38. The molecule has 1 atom stereocenters. The van der Waals surface area contributed by atoms with Gasteiger partial charge in [0, 0.05) is 32.3 Å². The van der Waals surface area contributed by atoms with E-state index in [4.69, 9.17) is 0 Å². The van der Waals surface area contributed by atoms with Gasteiger partial charge in [-0.05, 0) is 23.5 Å². The molecule has 1 aromatic carbocycles. The van der Waals surface area contributed by atoms with Gasteiger partial charge in [-0.15, -0.1) is 0 Å². The van der Waals surface area contributed by atoms with Crippen molar-refractivity contribution < 1.29 is 4.79 Å². The summed E-state index contributed by atoms with van der Waals surface area (Å²) < 4.78 is 2.43. The monoisotopic (exact) mass is 335 g/mol. The number of hydrogen-bond acceptors (Lipinski definition) is 4. The van der Waals surface area contributed by atoms with Crippen LogP contribution in [0, 0.1) is 0 Å². The second kappa shape index (κ2) is 5.51. The molecule has 2 heterocycles. The number of ketones is 1. The van der Waals surface area contributed by atoms with Gasteiger partial charge in [-0.25, -0.2) is 9.78 Å². The van der Waals surface area contributed by atoms with Crippen molar-refractivity contribution >= 4 is 16.8 Å². The van der Waals surface area contributed by atoms with E-state index in [1.54, 1.807) is 7.05 Å². The topological polar surface area (TPSA) is 74.0 Å². The Labute approximate surface area is 143 Å². The van der Waals surface area contributed by atoms with Crippen molar-refractivity contribution in [2.45, 2.75) is 18.8 Å². The van der Waals surface area contributed by atoms with Gasteiger partial charge >= 0.3 is 5.69 Å². The van der Waals surface area contributed by atoms with Crippen LogP contribution in [0.25, 0.3) is 11.0 Å². The van der Waals surface area contributed by atoms with Crippen molar-refractivity contribution in [1.82, 2.24) is 14.1 Å². The zero-order chi connectivity index (χ0) is 17.7. The molecule has 4 rings (SSSR count). The highest BCUT2D eigenvalue weighted by Crippen LogP contribution is 2.34. The zero-order valence-electron chi connectivity index (χ0n) is 14.0. The van der Waals surface area contributed by atoms with E-state index >= 15 is 0 Å². The van der Waals surface area contributed by atoms with E-state index in [-0.39, 0.29) is 11.7 Å². The lowest BCUT2D eigenvalue weighted by Gasteiger charge is -2.25. The number of Topliss-reactive ketones (excluding diaryl/α,β-unsaturated/α-hetero) is 1. The smallest absolute Gasteiger partial charge is 0.294 e. The fourth-order valence-electron chi connectivity index (χ4n) is 3.65. The largest absolute Gasteiger partial charge is 0.332 e. The Morgan fingerprint density at radius 1 is 1.00 bits per heavy atom. The molecular formula is C19H17N3O3. The van der Waals surface area contributed by atoms with E-state index < -0.39 is 11.2 Å². The van der Waals surface area contributed by atoms with Gasteiger partial charge in [0.1, 0.15) is 5.65 Å². The first kappa shape index (κ1) is 15.5. The highest BCUT2D eigenvalue weighted by Gasteiger charge is 2.29. The third-order valence-electron chi connectivity index (χ3n) is 5.03. The first-order chi connectivity index (χ1) is 12.0. The van der Waals surface area contributed by atoms with Gasteiger partial charge in [-0.2, -0.15) is 0 Å². The molecule has 3 aromatic rings. The van der Waals surface area contributed by atoms with Gasteiger partial charge < -0.3 is 0 Å². The van der Waals surface area contributed by atoms with E-state index in [0.29, 0.717) is 35.0 Å². The maximum atomic E-state index is 12.7. The summed E-state index contributed by atoms with van der Waals surface area (Å²) in [4.78, 5) is 41.7. The van der Waals surface area contributed by atoms with Gasteiger partial charge in [0.15, 0.2) is 5.78 Å². The van der Waals surface area contributed by atoms with Crippen molar-refractivity contribution in [1.29, 1.82) is 0 Å². The van der Waals surface area contributed by atoms with Gasteiger partial charge in [-0.1, -0.05) is 30.3 Å². The Morgan fingerprint density at radius 2 is 1.72 bits per heavy atom. The quantitative estimate of drug-likeness (QED) is 0.676. The van der Waals surface area contributed by atoms with Crippen LogP contribution >= 0.6 is 0 Å².